The summed E-state index contributed by atoms with van der Waals surface area (Å²) in [6.07, 6.45) is -8.33. The fourth-order valence-electron chi connectivity index (χ4n) is 7.07. The van der Waals surface area contributed by atoms with Crippen LogP contribution in [0.2, 0.25) is 0 Å². The van der Waals surface area contributed by atoms with Crippen molar-refractivity contribution in [3.05, 3.63) is 190 Å². The first kappa shape index (κ1) is 43.5. The van der Waals surface area contributed by atoms with E-state index in [2.05, 4.69) is 5.32 Å². The molecule has 0 fully saturated rings. The highest BCUT2D eigenvalue weighted by atomic mass is 19.4. The molecule has 0 saturated carbocycles. The van der Waals surface area contributed by atoms with Crippen LogP contribution in [0.1, 0.15) is 60.9 Å². The van der Waals surface area contributed by atoms with Crippen LogP contribution < -0.4 is 11.1 Å². The average Bonchev–Trinajstić information content (AvgIpc) is 3.86. The third-order valence-electron chi connectivity index (χ3n) is 10.0. The zero-order valence-corrected chi connectivity index (χ0v) is 33.0. The lowest BCUT2D eigenvalue weighted by molar-refractivity contribution is -0.138. The van der Waals surface area contributed by atoms with Gasteiger partial charge in [0.25, 0.3) is 5.91 Å². The summed E-state index contributed by atoms with van der Waals surface area (Å²) in [4.78, 5) is 34.5. The van der Waals surface area contributed by atoms with Crippen molar-refractivity contribution in [1.82, 2.24) is 5.32 Å². The van der Waals surface area contributed by atoms with Gasteiger partial charge in [0.2, 0.25) is 5.91 Å². The van der Waals surface area contributed by atoms with Gasteiger partial charge < -0.3 is 25.0 Å². The lowest BCUT2D eigenvalue weighted by atomic mass is 9.99. The summed E-state index contributed by atoms with van der Waals surface area (Å²) in [6.45, 7) is 0.147. The Morgan fingerprint density at radius 2 is 1.00 bits per heavy atom. The van der Waals surface area contributed by atoms with Crippen LogP contribution in [0.4, 0.5) is 26.3 Å². The number of furan rings is 2. The van der Waals surface area contributed by atoms with Gasteiger partial charge in [-0.3, -0.25) is 9.59 Å². The van der Waals surface area contributed by atoms with Crippen molar-refractivity contribution in [2.24, 2.45) is 5.73 Å². The van der Waals surface area contributed by atoms with Crippen LogP contribution in [0, 0.1) is 0 Å². The molecule has 0 radical (unpaired) electrons. The molecule has 320 valence electrons. The molecule has 0 aliphatic carbocycles. The molecule has 0 saturated heterocycles. The quantitative estimate of drug-likeness (QED) is 0.111. The van der Waals surface area contributed by atoms with Gasteiger partial charge >= 0.3 is 18.3 Å². The van der Waals surface area contributed by atoms with Gasteiger partial charge in [0.15, 0.2) is 0 Å². The predicted octanol–water partition coefficient (Wildman–Crippen LogP) is 11.7. The Bertz CT molecular complexity index is 2970. The van der Waals surface area contributed by atoms with E-state index in [4.69, 9.17) is 14.6 Å². The molecular weight excluding hydrogens is 827 g/mol. The third-order valence-corrected chi connectivity index (χ3v) is 10.0. The van der Waals surface area contributed by atoms with E-state index in [0.29, 0.717) is 39.4 Å². The highest BCUT2D eigenvalue weighted by Crippen LogP contribution is 2.36. The summed E-state index contributed by atoms with van der Waals surface area (Å²) in [6, 6.07) is 38.4. The number of rotatable bonds is 11. The van der Waals surface area contributed by atoms with E-state index < -0.39 is 35.4 Å². The largest absolute Gasteiger partial charge is 0.478 e. The summed E-state index contributed by atoms with van der Waals surface area (Å²) >= 11 is 0. The number of carbonyl (C=O) groups is 3. The predicted molar refractivity (Wildman–Crippen MR) is 225 cm³/mol. The smallest absolute Gasteiger partial charge is 0.416 e. The SMILES string of the molecule is NC(=O)CCNC(=O)c1cccc(-c2cccc3oc(Cc4cccc(C(F)(F)F)c4)cc23)c1.O=C(O)c1cccc(-c2cccc3oc(Cc4cccc(C(F)(F)F)c4)cc23)c1. The molecule has 0 bridgehead atoms. The Morgan fingerprint density at radius 3 is 1.46 bits per heavy atom. The molecule has 2 aromatic heterocycles. The molecule has 2 heterocycles. The van der Waals surface area contributed by atoms with Crippen LogP contribution in [0.3, 0.4) is 0 Å². The first-order chi connectivity index (χ1) is 30.0. The maximum absolute atomic E-state index is 13.0. The zero-order chi connectivity index (χ0) is 44.9. The Morgan fingerprint density at radius 1 is 0.556 bits per heavy atom. The third kappa shape index (κ3) is 10.7. The van der Waals surface area contributed by atoms with Crippen LogP contribution >= 0.6 is 0 Å². The minimum absolute atomic E-state index is 0.0500. The molecule has 8 rings (SSSR count). The van der Waals surface area contributed by atoms with E-state index in [1.165, 1.54) is 18.2 Å². The molecule has 14 heteroatoms. The number of aromatic carboxylic acids is 1. The van der Waals surface area contributed by atoms with Gasteiger partial charge in [-0.1, -0.05) is 84.9 Å². The zero-order valence-electron chi connectivity index (χ0n) is 33.0. The summed E-state index contributed by atoms with van der Waals surface area (Å²) in [5, 5.41) is 13.4. The van der Waals surface area contributed by atoms with E-state index in [-0.39, 0.29) is 37.3 Å². The topological polar surface area (TPSA) is 136 Å². The second-order valence-corrected chi connectivity index (χ2v) is 14.5. The molecule has 0 aliphatic rings. The fourth-order valence-corrected chi connectivity index (χ4v) is 7.07. The van der Waals surface area contributed by atoms with Crippen molar-refractivity contribution < 1.29 is 54.7 Å². The molecule has 0 spiro atoms. The van der Waals surface area contributed by atoms with E-state index in [0.717, 1.165) is 57.3 Å². The summed E-state index contributed by atoms with van der Waals surface area (Å²) in [7, 11) is 0. The Labute approximate surface area is 355 Å². The molecule has 63 heavy (non-hydrogen) atoms. The molecule has 0 unspecified atom stereocenters. The van der Waals surface area contributed by atoms with Gasteiger partial charge in [-0.25, -0.2) is 4.79 Å². The molecule has 4 N–H and O–H groups in total. The van der Waals surface area contributed by atoms with E-state index in [1.807, 2.05) is 30.3 Å². The fraction of sp³-hybridized carbons (Fsp3) is 0.122. The van der Waals surface area contributed by atoms with Gasteiger partial charge in [-0.2, -0.15) is 26.3 Å². The van der Waals surface area contributed by atoms with Gasteiger partial charge in [0.05, 0.1) is 16.7 Å². The monoisotopic (exact) mass is 862 g/mol. The van der Waals surface area contributed by atoms with Crippen molar-refractivity contribution in [3.8, 4) is 22.3 Å². The van der Waals surface area contributed by atoms with Gasteiger partial charge in [0.1, 0.15) is 22.7 Å². The number of amides is 2. The first-order valence-corrected chi connectivity index (χ1v) is 19.4. The lowest BCUT2D eigenvalue weighted by Crippen LogP contribution is -2.27. The molecule has 2 amide bonds. The van der Waals surface area contributed by atoms with Crippen molar-refractivity contribution in [2.75, 3.05) is 6.54 Å². The second kappa shape index (κ2) is 18.2. The number of primary amides is 1. The summed E-state index contributed by atoms with van der Waals surface area (Å²) in [5.74, 6) is -0.783. The number of carbonyl (C=O) groups excluding carboxylic acids is 2. The van der Waals surface area contributed by atoms with E-state index in [1.54, 1.807) is 72.8 Å². The number of nitrogens with one attached hydrogen (secondary N) is 1. The Balaban J connectivity index is 0.000000191. The Kier molecular flexibility index (Phi) is 12.5. The molecule has 8 aromatic rings. The van der Waals surface area contributed by atoms with Crippen molar-refractivity contribution in [1.29, 1.82) is 0 Å². The van der Waals surface area contributed by atoms with Crippen LogP contribution in [0.15, 0.2) is 154 Å². The maximum Gasteiger partial charge on any atom is 0.416 e. The number of benzene rings is 6. The van der Waals surface area contributed by atoms with Crippen LogP contribution in [0.5, 0.6) is 0 Å². The van der Waals surface area contributed by atoms with Gasteiger partial charge in [-0.05, 0) is 94.0 Å². The second-order valence-electron chi connectivity index (χ2n) is 14.5. The molecule has 6 aromatic carbocycles. The van der Waals surface area contributed by atoms with E-state index >= 15 is 0 Å². The van der Waals surface area contributed by atoms with Crippen LogP contribution in [-0.4, -0.2) is 29.4 Å². The Hall–Kier alpha value is -7.61. The number of nitrogens with two attached hydrogens (primary N) is 1. The average molecular weight is 863 g/mol. The minimum atomic E-state index is -4.41. The summed E-state index contributed by atoms with van der Waals surface area (Å²) in [5.41, 5.74) is 9.58. The number of hydrogen-bond acceptors (Lipinski definition) is 5. The molecule has 0 aliphatic heterocycles. The van der Waals surface area contributed by atoms with Crippen molar-refractivity contribution in [2.45, 2.75) is 31.6 Å². The highest BCUT2D eigenvalue weighted by molar-refractivity contribution is 5.99. The molecule has 8 nitrogen and oxygen atoms in total. The summed E-state index contributed by atoms with van der Waals surface area (Å²) < 4.78 is 89.7. The number of halogens is 6. The minimum Gasteiger partial charge on any atom is -0.478 e. The number of carboxylic acid groups (broad SMARTS) is 1. The van der Waals surface area contributed by atoms with Gasteiger partial charge in [-0.15, -0.1) is 0 Å². The number of hydrogen-bond donors (Lipinski definition) is 3. The van der Waals surface area contributed by atoms with E-state index in [9.17, 15) is 45.8 Å². The highest BCUT2D eigenvalue weighted by Gasteiger charge is 2.31. The van der Waals surface area contributed by atoms with Crippen molar-refractivity contribution >= 4 is 39.7 Å². The molecular formula is C49H36F6N2O6. The number of alkyl halides is 6. The number of fused-ring (bicyclic) bond motifs is 2. The van der Waals surface area contributed by atoms with Gasteiger partial charge in [0, 0.05) is 42.1 Å². The normalized spacial score (nSPS) is 11.6. The lowest BCUT2D eigenvalue weighted by Gasteiger charge is -2.07. The van der Waals surface area contributed by atoms with Crippen LogP contribution in [-0.2, 0) is 30.0 Å². The molecule has 0 atom stereocenters. The van der Waals surface area contributed by atoms with Crippen LogP contribution in [0.25, 0.3) is 44.2 Å². The number of carboxylic acids is 1. The maximum atomic E-state index is 13.0. The standard InChI is InChI=1S/C26H21F3N2O3.C23H15F3O3/c27-26(28,29)19-7-1-4-16(12-19)13-20-15-22-21(8-3-9-23(22)34-20)17-5-2-6-18(14-17)25(33)31-11-10-24(30)32;24-23(25,26)17-7-1-4-14(10-17)11-18-13-20-19(8-3-9-21(20)29-18)15-5-2-6-16(12-15)22(27)28/h1-9,12,14-15H,10-11,13H2,(H2,30,32)(H,31,33);1-10,12-13H,11H2,(H,27,28). The van der Waals surface area contributed by atoms with Crippen molar-refractivity contribution in [3.63, 3.8) is 0 Å². The first-order valence-electron chi connectivity index (χ1n) is 19.4.